The fourth-order valence-electron chi connectivity index (χ4n) is 1.38. The number of benzene rings is 1. The summed E-state index contributed by atoms with van der Waals surface area (Å²) in [5, 5.41) is 8.93. The second-order valence-electron chi connectivity index (χ2n) is 3.63. The highest BCUT2D eigenvalue weighted by molar-refractivity contribution is 5.93. The molecular formula is C12H15NO4. The molecule has 17 heavy (non-hydrogen) atoms. The van der Waals surface area contributed by atoms with E-state index in [1.165, 1.54) is 6.07 Å². The number of hydrogen-bond donors (Lipinski definition) is 2. The van der Waals surface area contributed by atoms with Crippen molar-refractivity contribution in [3.8, 4) is 5.75 Å². The van der Waals surface area contributed by atoms with Gasteiger partial charge in [0.2, 0.25) is 5.91 Å². The Morgan fingerprint density at radius 3 is 2.71 bits per heavy atom. The topological polar surface area (TPSA) is 89.6 Å². The Morgan fingerprint density at radius 1 is 1.47 bits per heavy atom. The summed E-state index contributed by atoms with van der Waals surface area (Å²) in [4.78, 5) is 21.8. The van der Waals surface area contributed by atoms with Gasteiger partial charge in [0, 0.05) is 5.56 Å². The van der Waals surface area contributed by atoms with Crippen molar-refractivity contribution < 1.29 is 19.4 Å². The van der Waals surface area contributed by atoms with Crippen LogP contribution in [0.25, 0.3) is 0 Å². The molecule has 92 valence electrons. The molecule has 3 N–H and O–H groups in total. The lowest BCUT2D eigenvalue weighted by Gasteiger charge is -2.14. The van der Waals surface area contributed by atoms with Crippen molar-refractivity contribution in [2.45, 2.75) is 25.9 Å². The van der Waals surface area contributed by atoms with E-state index in [0.29, 0.717) is 24.2 Å². The molecule has 0 heterocycles. The molecule has 0 aromatic heterocycles. The summed E-state index contributed by atoms with van der Waals surface area (Å²) in [6.45, 7) is 1.87. The predicted octanol–water partition coefficient (Wildman–Crippen LogP) is 1.42. The minimum atomic E-state index is -1.02. The smallest absolute Gasteiger partial charge is 0.344 e. The number of ether oxygens (including phenoxy) is 1. The van der Waals surface area contributed by atoms with Gasteiger partial charge >= 0.3 is 5.97 Å². The lowest BCUT2D eigenvalue weighted by atomic mass is 10.2. The first-order valence-corrected chi connectivity index (χ1v) is 5.34. The SMILES string of the molecule is CCCC(Oc1cccc(C(N)=O)c1)C(=O)O. The summed E-state index contributed by atoms with van der Waals surface area (Å²) in [7, 11) is 0. The van der Waals surface area contributed by atoms with E-state index < -0.39 is 18.0 Å². The lowest BCUT2D eigenvalue weighted by molar-refractivity contribution is -0.145. The van der Waals surface area contributed by atoms with Gasteiger partial charge in [-0.05, 0) is 24.6 Å². The van der Waals surface area contributed by atoms with E-state index in [0.717, 1.165) is 0 Å². The number of carboxylic acid groups (broad SMARTS) is 1. The van der Waals surface area contributed by atoms with Gasteiger partial charge in [-0.3, -0.25) is 4.79 Å². The molecule has 0 saturated heterocycles. The maximum atomic E-state index is 10.9. The number of rotatable bonds is 6. The molecule has 1 aromatic rings. The first kappa shape index (κ1) is 13.0. The molecule has 1 aromatic carbocycles. The minimum Gasteiger partial charge on any atom is -0.479 e. The van der Waals surface area contributed by atoms with Crippen LogP contribution in [0.1, 0.15) is 30.1 Å². The summed E-state index contributed by atoms with van der Waals surface area (Å²) >= 11 is 0. The third-order valence-electron chi connectivity index (χ3n) is 2.22. The van der Waals surface area contributed by atoms with Crippen LogP contribution in [0, 0.1) is 0 Å². The van der Waals surface area contributed by atoms with Crippen molar-refractivity contribution in [1.82, 2.24) is 0 Å². The zero-order valence-electron chi connectivity index (χ0n) is 9.55. The van der Waals surface area contributed by atoms with Gasteiger partial charge in [-0.15, -0.1) is 0 Å². The van der Waals surface area contributed by atoms with Crippen LogP contribution in [0.5, 0.6) is 5.75 Å². The highest BCUT2D eigenvalue weighted by Crippen LogP contribution is 2.16. The second-order valence-corrected chi connectivity index (χ2v) is 3.63. The normalized spacial score (nSPS) is 11.8. The molecule has 0 aliphatic heterocycles. The van der Waals surface area contributed by atoms with Gasteiger partial charge in [0.25, 0.3) is 0 Å². The number of nitrogens with two attached hydrogens (primary N) is 1. The van der Waals surface area contributed by atoms with E-state index in [-0.39, 0.29) is 0 Å². The van der Waals surface area contributed by atoms with Crippen molar-refractivity contribution in [2.24, 2.45) is 5.73 Å². The largest absolute Gasteiger partial charge is 0.479 e. The van der Waals surface area contributed by atoms with Gasteiger partial charge in [0.05, 0.1) is 0 Å². The molecule has 0 radical (unpaired) electrons. The first-order chi connectivity index (χ1) is 8.04. The van der Waals surface area contributed by atoms with E-state index in [4.69, 9.17) is 15.6 Å². The molecule has 1 amide bonds. The van der Waals surface area contributed by atoms with Gasteiger partial charge in [-0.25, -0.2) is 4.79 Å². The summed E-state index contributed by atoms with van der Waals surface area (Å²) in [5.74, 6) is -1.25. The first-order valence-electron chi connectivity index (χ1n) is 5.34. The molecule has 1 unspecified atom stereocenters. The van der Waals surface area contributed by atoms with Gasteiger partial charge in [-0.1, -0.05) is 19.4 Å². The Labute approximate surface area is 99.2 Å². The number of carbonyl (C=O) groups excluding carboxylic acids is 1. The molecule has 1 rings (SSSR count). The average Bonchev–Trinajstić information content (AvgIpc) is 2.28. The fraction of sp³-hybridized carbons (Fsp3) is 0.333. The molecule has 5 nitrogen and oxygen atoms in total. The Bertz CT molecular complexity index is 417. The Hall–Kier alpha value is -2.04. The van der Waals surface area contributed by atoms with E-state index >= 15 is 0 Å². The number of carbonyl (C=O) groups is 2. The standard InChI is InChI=1S/C12H15NO4/c1-2-4-10(12(15)16)17-9-6-3-5-8(7-9)11(13)14/h3,5-7,10H,2,4H2,1H3,(H2,13,14)(H,15,16). The number of hydrogen-bond acceptors (Lipinski definition) is 3. The average molecular weight is 237 g/mol. The fourth-order valence-corrected chi connectivity index (χ4v) is 1.38. The summed E-state index contributed by atoms with van der Waals surface area (Å²) < 4.78 is 5.30. The van der Waals surface area contributed by atoms with Crippen LogP contribution in [0.3, 0.4) is 0 Å². The number of amides is 1. The van der Waals surface area contributed by atoms with Crippen molar-refractivity contribution in [2.75, 3.05) is 0 Å². The van der Waals surface area contributed by atoms with Crippen LogP contribution in [0.4, 0.5) is 0 Å². The highest BCUT2D eigenvalue weighted by Gasteiger charge is 2.18. The van der Waals surface area contributed by atoms with Crippen LogP contribution in [-0.2, 0) is 4.79 Å². The molecule has 0 bridgehead atoms. The predicted molar refractivity (Wildman–Crippen MR) is 61.9 cm³/mol. The maximum Gasteiger partial charge on any atom is 0.344 e. The maximum absolute atomic E-state index is 10.9. The van der Waals surface area contributed by atoms with Crippen molar-refractivity contribution in [1.29, 1.82) is 0 Å². The Morgan fingerprint density at radius 2 is 2.18 bits per heavy atom. The van der Waals surface area contributed by atoms with Crippen LogP contribution >= 0.6 is 0 Å². The molecule has 5 heteroatoms. The molecule has 0 fully saturated rings. The Balaban J connectivity index is 2.82. The molecule has 0 saturated carbocycles. The molecule has 0 aliphatic rings. The van der Waals surface area contributed by atoms with Crippen LogP contribution in [0.2, 0.25) is 0 Å². The van der Waals surface area contributed by atoms with E-state index in [1.54, 1.807) is 18.2 Å². The monoisotopic (exact) mass is 237 g/mol. The highest BCUT2D eigenvalue weighted by atomic mass is 16.5. The molecule has 0 aliphatic carbocycles. The second kappa shape index (κ2) is 5.89. The third-order valence-corrected chi connectivity index (χ3v) is 2.22. The van der Waals surface area contributed by atoms with Crippen LogP contribution < -0.4 is 10.5 Å². The number of aliphatic carboxylic acids is 1. The van der Waals surface area contributed by atoms with Gasteiger partial charge in [0.15, 0.2) is 6.10 Å². The molecular weight excluding hydrogens is 222 g/mol. The third kappa shape index (κ3) is 3.79. The van der Waals surface area contributed by atoms with Gasteiger partial charge in [0.1, 0.15) is 5.75 Å². The van der Waals surface area contributed by atoms with Crippen molar-refractivity contribution in [3.05, 3.63) is 29.8 Å². The Kier molecular flexibility index (Phi) is 4.51. The van der Waals surface area contributed by atoms with Crippen molar-refractivity contribution >= 4 is 11.9 Å². The quantitative estimate of drug-likeness (QED) is 0.782. The lowest BCUT2D eigenvalue weighted by Crippen LogP contribution is -2.26. The summed E-state index contributed by atoms with van der Waals surface area (Å²) in [6, 6.07) is 6.18. The van der Waals surface area contributed by atoms with E-state index in [9.17, 15) is 9.59 Å². The van der Waals surface area contributed by atoms with E-state index in [2.05, 4.69) is 0 Å². The number of carboxylic acids is 1. The van der Waals surface area contributed by atoms with E-state index in [1.807, 2.05) is 6.92 Å². The molecule has 1 atom stereocenters. The molecule has 0 spiro atoms. The van der Waals surface area contributed by atoms with Crippen molar-refractivity contribution in [3.63, 3.8) is 0 Å². The summed E-state index contributed by atoms with van der Waals surface area (Å²) in [5.41, 5.74) is 5.42. The van der Waals surface area contributed by atoms with Crippen LogP contribution in [-0.4, -0.2) is 23.1 Å². The van der Waals surface area contributed by atoms with Crippen LogP contribution in [0.15, 0.2) is 24.3 Å². The number of primary amides is 1. The zero-order chi connectivity index (χ0) is 12.8. The zero-order valence-corrected chi connectivity index (χ0v) is 9.55. The summed E-state index contributed by atoms with van der Waals surface area (Å²) in [6.07, 6.45) is 0.214. The van der Waals surface area contributed by atoms with Gasteiger partial charge in [-0.2, -0.15) is 0 Å². The van der Waals surface area contributed by atoms with Gasteiger partial charge < -0.3 is 15.6 Å². The minimum absolute atomic E-state index is 0.295.